The summed E-state index contributed by atoms with van der Waals surface area (Å²) < 4.78 is 26.8. The minimum Gasteiger partial charge on any atom is -0.494 e. The Morgan fingerprint density at radius 1 is 1.09 bits per heavy atom. The highest BCUT2D eigenvalue weighted by molar-refractivity contribution is 9.10. The Morgan fingerprint density at radius 2 is 1.87 bits per heavy atom. The number of halogens is 2. The van der Waals surface area contributed by atoms with Crippen LogP contribution in [0.25, 0.3) is 10.4 Å². The molecule has 0 aliphatic carbocycles. The molecule has 1 aliphatic rings. The van der Waals surface area contributed by atoms with Crippen LogP contribution in [0, 0.1) is 5.82 Å². The number of nitrogens with one attached hydrogen (secondary N) is 1. The van der Waals surface area contributed by atoms with E-state index in [9.17, 15) is 14.7 Å². The number of aliphatic hydroxyl groups excluding tert-OH is 1. The van der Waals surface area contributed by atoms with Crippen LogP contribution in [0.1, 0.15) is 34.8 Å². The normalized spacial score (nSPS) is 17.1. The van der Waals surface area contributed by atoms with Crippen molar-refractivity contribution in [1.29, 1.82) is 0 Å². The van der Waals surface area contributed by atoms with Gasteiger partial charge in [0.2, 0.25) is 5.90 Å². The van der Waals surface area contributed by atoms with Crippen LogP contribution in [0.2, 0.25) is 0 Å². The highest BCUT2D eigenvalue weighted by Crippen LogP contribution is 2.46. The smallest absolute Gasteiger partial charge is 0.252 e. The molecular formula is C34H31BrFN5O4. The second-order valence-electron chi connectivity index (χ2n) is 10.4. The summed E-state index contributed by atoms with van der Waals surface area (Å²) in [6.45, 7) is 0.636. The molecule has 0 saturated carbocycles. The molecule has 0 spiro atoms. The van der Waals surface area contributed by atoms with E-state index in [4.69, 9.17) is 19.6 Å². The third-order valence-electron chi connectivity index (χ3n) is 7.41. The molecule has 4 aromatic carbocycles. The van der Waals surface area contributed by atoms with Gasteiger partial charge in [-0.15, -0.1) is 0 Å². The van der Waals surface area contributed by atoms with Gasteiger partial charge in [0.1, 0.15) is 11.6 Å². The monoisotopic (exact) mass is 671 g/mol. The summed E-state index contributed by atoms with van der Waals surface area (Å²) in [6.07, 6.45) is 0.108. The summed E-state index contributed by atoms with van der Waals surface area (Å²) in [5.41, 5.74) is 10.8. The Kier molecular flexibility index (Phi) is 10.5. The van der Waals surface area contributed by atoms with Crippen LogP contribution in [0.15, 0.2) is 112 Å². The Balaban J connectivity index is 1.57. The van der Waals surface area contributed by atoms with Gasteiger partial charge >= 0.3 is 0 Å². The van der Waals surface area contributed by atoms with Crippen molar-refractivity contribution in [2.24, 2.45) is 10.1 Å². The molecule has 1 heterocycles. The zero-order valence-electron chi connectivity index (χ0n) is 24.3. The number of rotatable bonds is 13. The number of carbonyl (C=O) groups excluding carboxylic acids is 1. The van der Waals surface area contributed by atoms with Crippen molar-refractivity contribution in [3.63, 3.8) is 0 Å². The second-order valence-corrected chi connectivity index (χ2v) is 11.3. The molecule has 0 radical (unpaired) electrons. The third-order valence-corrected chi connectivity index (χ3v) is 8.18. The lowest BCUT2D eigenvalue weighted by Crippen LogP contribution is -2.50. The van der Waals surface area contributed by atoms with E-state index in [0.717, 1.165) is 15.6 Å². The summed E-state index contributed by atoms with van der Waals surface area (Å²) in [7, 11) is 0. The number of aliphatic imine (C=N–C) groups is 1. The second kappa shape index (κ2) is 14.9. The van der Waals surface area contributed by atoms with Crippen molar-refractivity contribution in [1.82, 2.24) is 5.32 Å². The fourth-order valence-corrected chi connectivity index (χ4v) is 5.63. The summed E-state index contributed by atoms with van der Waals surface area (Å²) in [4.78, 5) is 22.5. The molecule has 11 heteroatoms. The molecule has 0 unspecified atom stereocenters. The zero-order valence-corrected chi connectivity index (χ0v) is 25.9. The molecule has 2 N–H and O–H groups in total. The van der Waals surface area contributed by atoms with Crippen LogP contribution in [0.5, 0.6) is 5.75 Å². The van der Waals surface area contributed by atoms with Crippen molar-refractivity contribution < 1.29 is 23.8 Å². The molecule has 1 aliphatic heterocycles. The first kappa shape index (κ1) is 31.7. The lowest BCUT2D eigenvalue weighted by Gasteiger charge is -2.31. The Hall–Kier alpha value is -4.70. The van der Waals surface area contributed by atoms with Crippen LogP contribution >= 0.6 is 15.9 Å². The first-order valence-electron chi connectivity index (χ1n) is 14.4. The van der Waals surface area contributed by atoms with E-state index in [0.29, 0.717) is 42.0 Å². The van der Waals surface area contributed by atoms with Crippen molar-refractivity contribution in [3.8, 4) is 5.75 Å². The minimum absolute atomic E-state index is 0.0331. The molecule has 0 aromatic heterocycles. The van der Waals surface area contributed by atoms with Gasteiger partial charge in [0.25, 0.3) is 5.91 Å². The largest absolute Gasteiger partial charge is 0.494 e. The van der Waals surface area contributed by atoms with E-state index in [1.54, 1.807) is 60.7 Å². The summed E-state index contributed by atoms with van der Waals surface area (Å²) >= 11 is 3.62. The van der Waals surface area contributed by atoms with E-state index in [2.05, 4.69) is 31.3 Å². The lowest BCUT2D eigenvalue weighted by atomic mass is 9.81. The topological polar surface area (TPSA) is 129 Å². The number of ether oxygens (including phenoxy) is 2. The summed E-state index contributed by atoms with van der Waals surface area (Å²) in [5.74, 6) is 0.118. The maximum atomic E-state index is 14.4. The Labute approximate surface area is 268 Å². The Morgan fingerprint density at radius 3 is 2.62 bits per heavy atom. The maximum Gasteiger partial charge on any atom is 0.252 e. The van der Waals surface area contributed by atoms with Crippen molar-refractivity contribution in [2.45, 2.75) is 30.9 Å². The van der Waals surface area contributed by atoms with Gasteiger partial charge in [-0.3, -0.25) is 4.79 Å². The number of carbonyl (C=O) groups is 1. The van der Waals surface area contributed by atoms with Crippen LogP contribution in [0.3, 0.4) is 0 Å². The first-order chi connectivity index (χ1) is 21.9. The minimum atomic E-state index is -1.52. The van der Waals surface area contributed by atoms with Gasteiger partial charge in [-0.25, -0.2) is 9.38 Å². The number of hydrogen-bond acceptors (Lipinski definition) is 6. The summed E-state index contributed by atoms with van der Waals surface area (Å²) in [5, 5.41) is 16.0. The van der Waals surface area contributed by atoms with Gasteiger partial charge in [-0.05, 0) is 65.5 Å². The SMILES string of the molecule is [N-]=[N+]=Nc1ccccc1[C@H]1OC(c2ccc(OCCCO)cc2)=N[C@@]1(Cc1ccccc1Br)C(=O)NCCc1cccc(F)c1. The molecule has 1 amide bonds. The standard InChI is InChI=1S/C34H31BrFN5O4/c35-29-11-3-1-8-25(29)22-34(33(43)38-18-17-23-7-5-9-26(36)21-23)31(28-10-2-4-12-30(28)40-41-37)45-32(39-34)24-13-15-27(16-14-24)44-20-6-19-42/h1-5,7-16,21,31,42H,6,17-20,22H2,(H,38,43)/t31-,34-/m1/s1. The van der Waals surface area contributed by atoms with Gasteiger partial charge in [-0.1, -0.05) is 75.6 Å². The third kappa shape index (κ3) is 7.51. The first-order valence-corrected chi connectivity index (χ1v) is 15.2. The number of azide groups is 1. The molecule has 45 heavy (non-hydrogen) atoms. The van der Waals surface area contributed by atoms with E-state index >= 15 is 0 Å². The van der Waals surface area contributed by atoms with E-state index in [1.165, 1.54) is 12.1 Å². The predicted octanol–water partition coefficient (Wildman–Crippen LogP) is 7.15. The molecule has 4 aromatic rings. The quantitative estimate of drug-likeness (QED) is 0.0677. The fourth-order valence-electron chi connectivity index (χ4n) is 5.21. The van der Waals surface area contributed by atoms with Gasteiger partial charge in [-0.2, -0.15) is 0 Å². The fraction of sp³-hybridized carbons (Fsp3) is 0.235. The predicted molar refractivity (Wildman–Crippen MR) is 173 cm³/mol. The molecule has 230 valence electrons. The van der Waals surface area contributed by atoms with Crippen LogP contribution in [-0.2, 0) is 22.4 Å². The molecule has 5 rings (SSSR count). The van der Waals surface area contributed by atoms with Crippen LogP contribution in [0.4, 0.5) is 10.1 Å². The number of aliphatic hydroxyl groups is 1. The number of hydrogen-bond donors (Lipinski definition) is 2. The van der Waals surface area contributed by atoms with Crippen molar-refractivity contribution in [2.75, 3.05) is 19.8 Å². The Bertz CT molecular complexity index is 1730. The molecule has 0 saturated heterocycles. The molecule has 0 fully saturated rings. The van der Waals surface area contributed by atoms with Crippen LogP contribution in [-0.4, -0.2) is 42.2 Å². The average Bonchev–Trinajstić information content (AvgIpc) is 3.43. The zero-order chi connectivity index (χ0) is 31.6. The van der Waals surface area contributed by atoms with Gasteiger partial charge in [0.15, 0.2) is 11.6 Å². The lowest BCUT2D eigenvalue weighted by molar-refractivity contribution is -0.128. The van der Waals surface area contributed by atoms with Crippen LogP contribution < -0.4 is 10.1 Å². The van der Waals surface area contributed by atoms with Gasteiger partial charge < -0.3 is 19.9 Å². The van der Waals surface area contributed by atoms with Crippen molar-refractivity contribution in [3.05, 3.63) is 140 Å². The van der Waals surface area contributed by atoms with Crippen molar-refractivity contribution >= 4 is 33.4 Å². The summed E-state index contributed by atoms with van der Waals surface area (Å²) in [6, 6.07) is 27.9. The maximum absolute atomic E-state index is 14.4. The number of nitrogens with zero attached hydrogens (tertiary/aromatic N) is 4. The van der Waals surface area contributed by atoms with Gasteiger partial charge in [0.05, 0.1) is 6.61 Å². The molecule has 0 bridgehead atoms. The van der Waals surface area contributed by atoms with Gasteiger partial charge in [0, 0.05) is 52.2 Å². The van der Waals surface area contributed by atoms with E-state index in [-0.39, 0.29) is 31.3 Å². The highest BCUT2D eigenvalue weighted by atomic mass is 79.9. The van der Waals surface area contributed by atoms with E-state index < -0.39 is 17.6 Å². The molecule has 2 atom stereocenters. The molecule has 9 nitrogen and oxygen atoms in total. The number of amides is 1. The van der Waals surface area contributed by atoms with E-state index in [1.807, 2.05) is 24.3 Å². The number of benzene rings is 4. The molecular weight excluding hydrogens is 641 g/mol. The highest BCUT2D eigenvalue weighted by Gasteiger charge is 2.54. The average molecular weight is 673 g/mol.